The number of rotatable bonds is 1. The van der Waals surface area contributed by atoms with E-state index in [4.69, 9.17) is 0 Å². The Kier molecular flexibility index (Phi) is 2.60. The Bertz CT molecular complexity index is 341. The summed E-state index contributed by atoms with van der Waals surface area (Å²) in [7, 11) is 0. The fraction of sp³-hybridized carbons (Fsp3) is 0.556. The molecule has 1 aromatic rings. The van der Waals surface area contributed by atoms with Crippen LogP contribution in [0.15, 0.2) is 5.03 Å². The van der Waals surface area contributed by atoms with Gasteiger partial charge in [0.2, 0.25) is 0 Å². The first kappa shape index (κ1) is 9.46. The van der Waals surface area contributed by atoms with Gasteiger partial charge < -0.3 is 0 Å². The molecule has 0 saturated carbocycles. The number of fused-ring (bicyclic) bond motifs is 1. The van der Waals surface area contributed by atoms with E-state index in [9.17, 15) is 0 Å². The Morgan fingerprint density at radius 1 is 1.46 bits per heavy atom. The van der Waals surface area contributed by atoms with Gasteiger partial charge in [-0.1, -0.05) is 15.9 Å². The summed E-state index contributed by atoms with van der Waals surface area (Å²) in [6.45, 7) is 4.03. The largest absolute Gasteiger partial charge is 0.238 e. The lowest BCUT2D eigenvalue weighted by Gasteiger charge is -2.01. The maximum absolute atomic E-state index is 4.44. The summed E-state index contributed by atoms with van der Waals surface area (Å²) < 4.78 is 0. The van der Waals surface area contributed by atoms with Crippen LogP contribution in [0.3, 0.4) is 0 Å². The molecule has 70 valence electrons. The lowest BCUT2D eigenvalue weighted by Crippen LogP contribution is -2.02. The molecule has 0 spiro atoms. The maximum Gasteiger partial charge on any atom is 0.126 e. The van der Waals surface area contributed by atoms with E-state index in [-0.39, 0.29) is 0 Å². The van der Waals surface area contributed by atoms with Crippen molar-refractivity contribution in [2.75, 3.05) is 5.33 Å². The highest BCUT2D eigenvalue weighted by molar-refractivity contribution is 9.09. The van der Waals surface area contributed by atoms with Gasteiger partial charge >= 0.3 is 0 Å². The SMILES string of the molecule is Cc1nc(C)c2c(n1)S[C@H](CBr)C2. The molecule has 0 saturated heterocycles. The van der Waals surface area contributed by atoms with Crippen LogP contribution < -0.4 is 0 Å². The van der Waals surface area contributed by atoms with Crippen LogP contribution in [0.2, 0.25) is 0 Å². The summed E-state index contributed by atoms with van der Waals surface area (Å²) in [6.07, 6.45) is 1.11. The van der Waals surface area contributed by atoms with Crippen molar-refractivity contribution in [3.05, 3.63) is 17.1 Å². The molecule has 1 aromatic heterocycles. The minimum atomic E-state index is 0.643. The number of halogens is 1. The molecule has 1 atom stereocenters. The average Bonchev–Trinajstić information content (AvgIpc) is 2.47. The van der Waals surface area contributed by atoms with E-state index in [0.29, 0.717) is 5.25 Å². The average molecular weight is 259 g/mol. The zero-order valence-electron chi connectivity index (χ0n) is 7.67. The van der Waals surface area contributed by atoms with E-state index in [1.54, 1.807) is 0 Å². The molecule has 0 amide bonds. The van der Waals surface area contributed by atoms with Crippen molar-refractivity contribution in [3.63, 3.8) is 0 Å². The lowest BCUT2D eigenvalue weighted by molar-refractivity contribution is 0.869. The van der Waals surface area contributed by atoms with Gasteiger partial charge in [0.25, 0.3) is 0 Å². The maximum atomic E-state index is 4.44. The van der Waals surface area contributed by atoms with Crippen molar-refractivity contribution >= 4 is 27.7 Å². The summed E-state index contributed by atoms with van der Waals surface area (Å²) in [5.41, 5.74) is 2.50. The second-order valence-electron chi connectivity index (χ2n) is 3.24. The standard InChI is InChI=1S/C9H11BrN2S/c1-5-8-3-7(4-10)13-9(8)12-6(2)11-5/h7H,3-4H2,1-2H3/t7-/m0/s1. The molecular formula is C9H11BrN2S. The van der Waals surface area contributed by atoms with Crippen LogP contribution in [0.5, 0.6) is 0 Å². The van der Waals surface area contributed by atoms with Crippen LogP contribution in [-0.2, 0) is 6.42 Å². The van der Waals surface area contributed by atoms with E-state index in [0.717, 1.165) is 23.3 Å². The molecule has 13 heavy (non-hydrogen) atoms. The molecule has 1 aliphatic rings. The summed E-state index contributed by atoms with van der Waals surface area (Å²) in [5, 5.41) is 2.87. The minimum Gasteiger partial charge on any atom is -0.238 e. The fourth-order valence-corrected chi connectivity index (χ4v) is 3.36. The van der Waals surface area contributed by atoms with Gasteiger partial charge in [0, 0.05) is 21.8 Å². The van der Waals surface area contributed by atoms with Crippen molar-refractivity contribution in [1.82, 2.24) is 9.97 Å². The third-order valence-corrected chi connectivity index (χ3v) is 4.61. The number of alkyl halides is 1. The molecule has 0 fully saturated rings. The number of hydrogen-bond donors (Lipinski definition) is 0. The number of aromatic nitrogens is 2. The quantitative estimate of drug-likeness (QED) is 0.572. The zero-order chi connectivity index (χ0) is 9.42. The van der Waals surface area contributed by atoms with Gasteiger partial charge in [0.15, 0.2) is 0 Å². The summed E-state index contributed by atoms with van der Waals surface area (Å²) >= 11 is 5.38. The Balaban J connectivity index is 2.40. The number of nitrogens with zero attached hydrogens (tertiary/aromatic N) is 2. The fourth-order valence-electron chi connectivity index (χ4n) is 1.55. The molecular weight excluding hydrogens is 248 g/mol. The zero-order valence-corrected chi connectivity index (χ0v) is 10.1. The van der Waals surface area contributed by atoms with E-state index < -0.39 is 0 Å². The molecule has 0 bridgehead atoms. The third-order valence-electron chi connectivity index (χ3n) is 2.17. The van der Waals surface area contributed by atoms with Gasteiger partial charge in [-0.3, -0.25) is 0 Å². The highest BCUT2D eigenvalue weighted by Crippen LogP contribution is 2.37. The lowest BCUT2D eigenvalue weighted by atomic mass is 10.1. The number of aryl methyl sites for hydroxylation is 2. The first-order valence-electron chi connectivity index (χ1n) is 4.27. The molecule has 0 N–H and O–H groups in total. The molecule has 2 nitrogen and oxygen atoms in total. The molecule has 1 aliphatic heterocycles. The van der Waals surface area contributed by atoms with E-state index in [1.807, 2.05) is 18.7 Å². The monoisotopic (exact) mass is 258 g/mol. The van der Waals surface area contributed by atoms with E-state index >= 15 is 0 Å². The summed E-state index contributed by atoms with van der Waals surface area (Å²) in [5.74, 6) is 0.888. The van der Waals surface area contributed by atoms with E-state index in [1.165, 1.54) is 10.6 Å². The molecule has 2 heterocycles. The smallest absolute Gasteiger partial charge is 0.126 e. The Morgan fingerprint density at radius 2 is 2.23 bits per heavy atom. The highest BCUT2D eigenvalue weighted by Gasteiger charge is 2.24. The first-order chi connectivity index (χ1) is 6.20. The van der Waals surface area contributed by atoms with Crippen molar-refractivity contribution in [3.8, 4) is 0 Å². The minimum absolute atomic E-state index is 0.643. The second-order valence-corrected chi connectivity index (χ2v) is 5.17. The molecule has 2 rings (SSSR count). The Morgan fingerprint density at radius 3 is 2.92 bits per heavy atom. The predicted octanol–water partition coefficient (Wildman–Crippen LogP) is 2.51. The van der Waals surface area contributed by atoms with Crippen molar-refractivity contribution in [1.29, 1.82) is 0 Å². The van der Waals surface area contributed by atoms with Gasteiger partial charge in [-0.2, -0.15) is 0 Å². The topological polar surface area (TPSA) is 25.8 Å². The highest BCUT2D eigenvalue weighted by atomic mass is 79.9. The molecule has 0 unspecified atom stereocenters. The number of thioether (sulfide) groups is 1. The third kappa shape index (κ3) is 1.74. The normalized spacial score (nSPS) is 20.4. The van der Waals surface area contributed by atoms with Crippen LogP contribution in [-0.4, -0.2) is 20.5 Å². The van der Waals surface area contributed by atoms with Crippen LogP contribution >= 0.6 is 27.7 Å². The Labute approximate surface area is 90.7 Å². The van der Waals surface area contributed by atoms with Gasteiger partial charge in [0.1, 0.15) is 10.9 Å². The van der Waals surface area contributed by atoms with Crippen LogP contribution in [0.4, 0.5) is 0 Å². The van der Waals surface area contributed by atoms with E-state index in [2.05, 4.69) is 32.8 Å². The van der Waals surface area contributed by atoms with Gasteiger partial charge in [-0.05, 0) is 20.3 Å². The molecule has 0 aliphatic carbocycles. The molecule has 0 radical (unpaired) electrons. The first-order valence-corrected chi connectivity index (χ1v) is 6.27. The van der Waals surface area contributed by atoms with Gasteiger partial charge in [0.05, 0.1) is 0 Å². The number of hydrogen-bond acceptors (Lipinski definition) is 3. The Hall–Kier alpha value is -0.0900. The summed E-state index contributed by atoms with van der Waals surface area (Å²) in [6, 6.07) is 0. The van der Waals surface area contributed by atoms with Gasteiger partial charge in [-0.15, -0.1) is 11.8 Å². The van der Waals surface area contributed by atoms with Crippen LogP contribution in [0.25, 0.3) is 0 Å². The molecule has 0 aromatic carbocycles. The van der Waals surface area contributed by atoms with Crippen molar-refractivity contribution < 1.29 is 0 Å². The van der Waals surface area contributed by atoms with Crippen LogP contribution in [0, 0.1) is 13.8 Å². The molecule has 4 heteroatoms. The second kappa shape index (κ2) is 3.58. The van der Waals surface area contributed by atoms with Crippen molar-refractivity contribution in [2.45, 2.75) is 30.5 Å². The van der Waals surface area contributed by atoms with Crippen molar-refractivity contribution in [2.24, 2.45) is 0 Å². The summed E-state index contributed by atoms with van der Waals surface area (Å²) in [4.78, 5) is 8.82. The van der Waals surface area contributed by atoms with Gasteiger partial charge in [-0.25, -0.2) is 9.97 Å². The van der Waals surface area contributed by atoms with Crippen LogP contribution in [0.1, 0.15) is 17.1 Å². The predicted molar refractivity (Wildman–Crippen MR) is 58.6 cm³/mol.